The summed E-state index contributed by atoms with van der Waals surface area (Å²) in [6.07, 6.45) is 12.1. The van der Waals surface area contributed by atoms with E-state index in [0.29, 0.717) is 13.0 Å². The maximum Gasteiger partial charge on any atom is 0.303 e. The van der Waals surface area contributed by atoms with E-state index >= 15 is 0 Å². The molecule has 0 aromatic heterocycles. The number of amides is 1. The largest absolute Gasteiger partial charge is 0.457 e. The first-order valence-electron chi connectivity index (χ1n) is 14.3. The van der Waals surface area contributed by atoms with E-state index in [-0.39, 0.29) is 18.4 Å². The van der Waals surface area contributed by atoms with Crippen LogP contribution in [0.3, 0.4) is 0 Å². The monoisotopic (exact) mass is 515 g/mol. The van der Waals surface area contributed by atoms with Crippen LogP contribution in [0.4, 0.5) is 0 Å². The van der Waals surface area contributed by atoms with Gasteiger partial charge in [0, 0.05) is 38.5 Å². The van der Waals surface area contributed by atoms with E-state index in [1.807, 2.05) is 13.8 Å². The Bertz CT molecular complexity index is 586. The summed E-state index contributed by atoms with van der Waals surface area (Å²) in [5.74, 6) is -0.787. The van der Waals surface area contributed by atoms with Crippen molar-refractivity contribution in [2.24, 2.45) is 11.8 Å². The topological polar surface area (TPSA) is 125 Å². The van der Waals surface area contributed by atoms with Crippen molar-refractivity contribution in [3.8, 4) is 0 Å². The average Bonchev–Trinajstić information content (AvgIpc) is 2.84. The van der Waals surface area contributed by atoms with Crippen LogP contribution >= 0.6 is 0 Å². The van der Waals surface area contributed by atoms with Gasteiger partial charge in [-0.1, -0.05) is 84.5 Å². The van der Waals surface area contributed by atoms with Crippen LogP contribution in [0.25, 0.3) is 0 Å². The van der Waals surface area contributed by atoms with Gasteiger partial charge in [-0.05, 0) is 19.3 Å². The second kappa shape index (κ2) is 19.8. The van der Waals surface area contributed by atoms with Gasteiger partial charge >= 0.3 is 5.97 Å². The predicted molar refractivity (Wildman–Crippen MR) is 140 cm³/mol. The Hall–Kier alpha value is -1.22. The molecule has 1 amide bonds. The highest BCUT2D eigenvalue weighted by molar-refractivity contribution is 5.77. The van der Waals surface area contributed by atoms with Gasteiger partial charge in [-0.15, -0.1) is 0 Å². The Balaban J connectivity index is 1.97. The Kier molecular flexibility index (Phi) is 18.1. The van der Waals surface area contributed by atoms with Crippen molar-refractivity contribution in [1.29, 1.82) is 0 Å². The molecule has 0 aliphatic heterocycles. The summed E-state index contributed by atoms with van der Waals surface area (Å²) in [7, 11) is 0. The molecule has 1 aliphatic carbocycles. The molecule has 36 heavy (non-hydrogen) atoms. The fourth-order valence-corrected chi connectivity index (χ4v) is 4.77. The van der Waals surface area contributed by atoms with Gasteiger partial charge in [-0.3, -0.25) is 9.59 Å². The average molecular weight is 516 g/mol. The molecule has 0 unspecified atom stereocenters. The summed E-state index contributed by atoms with van der Waals surface area (Å²) in [6.45, 7) is 6.17. The second-order valence-electron chi connectivity index (χ2n) is 10.7. The lowest BCUT2D eigenvalue weighted by atomic mass is 9.81. The number of hydrogen-bond donors (Lipinski definition) is 4. The van der Waals surface area contributed by atoms with Gasteiger partial charge in [-0.2, -0.15) is 0 Å². The molecule has 0 spiro atoms. The van der Waals surface area contributed by atoms with Gasteiger partial charge in [-0.25, -0.2) is 0 Å². The first-order valence-corrected chi connectivity index (χ1v) is 14.3. The summed E-state index contributed by atoms with van der Waals surface area (Å²) in [4.78, 5) is 22.9. The molecule has 0 bridgehead atoms. The van der Waals surface area contributed by atoms with Crippen molar-refractivity contribution in [1.82, 2.24) is 5.32 Å². The number of nitrogens with one attached hydrogen (secondary N) is 1. The SMILES string of the molecule is CC(=O)O[C@@H]1[C@@H](O)[C@H](O)[C@@H](CO)C[C@H]1OCCCCCCCCCCCCCCCNC(=O)C(C)C. The number of ether oxygens (including phenoxy) is 2. The minimum Gasteiger partial charge on any atom is -0.457 e. The summed E-state index contributed by atoms with van der Waals surface area (Å²) >= 11 is 0. The van der Waals surface area contributed by atoms with Crippen molar-refractivity contribution < 1.29 is 34.4 Å². The van der Waals surface area contributed by atoms with E-state index < -0.39 is 36.3 Å². The molecular weight excluding hydrogens is 462 g/mol. The summed E-state index contributed by atoms with van der Waals surface area (Å²) in [6, 6.07) is 0. The quantitative estimate of drug-likeness (QED) is 0.143. The van der Waals surface area contributed by atoms with Crippen molar-refractivity contribution >= 4 is 11.9 Å². The molecule has 1 fully saturated rings. The zero-order valence-electron chi connectivity index (χ0n) is 23.0. The normalized spacial score (nSPS) is 24.1. The number of hydrogen-bond acceptors (Lipinski definition) is 7. The molecule has 0 saturated heterocycles. The zero-order chi connectivity index (χ0) is 26.8. The number of aliphatic hydroxyl groups excluding tert-OH is 3. The number of esters is 1. The van der Waals surface area contributed by atoms with Crippen molar-refractivity contribution in [2.45, 2.75) is 135 Å². The fourth-order valence-electron chi connectivity index (χ4n) is 4.77. The molecule has 1 saturated carbocycles. The summed E-state index contributed by atoms with van der Waals surface area (Å²) < 4.78 is 11.1. The minimum atomic E-state index is -1.26. The first kappa shape index (κ1) is 32.8. The Morgan fingerprint density at radius 3 is 1.81 bits per heavy atom. The predicted octanol–water partition coefficient (Wildman–Crippen LogP) is 3.88. The van der Waals surface area contributed by atoms with Crippen molar-refractivity contribution in [3.63, 3.8) is 0 Å². The molecule has 5 atom stereocenters. The number of rotatable bonds is 20. The van der Waals surface area contributed by atoms with E-state index in [9.17, 15) is 24.9 Å². The van der Waals surface area contributed by atoms with E-state index in [2.05, 4.69) is 5.32 Å². The molecular formula is C28H53NO7. The standard InChI is InChI=1S/C28H53NO7/c1-21(2)28(34)29-17-15-13-11-9-7-5-4-6-8-10-12-14-16-18-35-24-19-23(20-30)25(32)26(33)27(24)36-22(3)31/h21,23-27,30,32-33H,4-20H2,1-3H3,(H,29,34)/t23-,24-,25-,26+,27+/m1/s1. The molecule has 4 N–H and O–H groups in total. The first-order chi connectivity index (χ1) is 17.3. The van der Waals surface area contributed by atoms with E-state index in [1.54, 1.807) is 0 Å². The Morgan fingerprint density at radius 2 is 1.33 bits per heavy atom. The highest BCUT2D eigenvalue weighted by Crippen LogP contribution is 2.30. The summed E-state index contributed by atoms with van der Waals surface area (Å²) in [5.41, 5.74) is 0. The third kappa shape index (κ3) is 13.9. The van der Waals surface area contributed by atoms with E-state index in [0.717, 1.165) is 32.2 Å². The molecule has 8 heteroatoms. The minimum absolute atomic E-state index is 0.0713. The Labute approximate surface area is 218 Å². The van der Waals surface area contributed by atoms with Gasteiger partial charge in [0.1, 0.15) is 6.10 Å². The second-order valence-corrected chi connectivity index (χ2v) is 10.7. The van der Waals surface area contributed by atoms with Gasteiger partial charge in [0.2, 0.25) is 5.91 Å². The highest BCUT2D eigenvalue weighted by atomic mass is 16.6. The number of carbonyl (C=O) groups excluding carboxylic acids is 2. The van der Waals surface area contributed by atoms with E-state index in [1.165, 1.54) is 64.7 Å². The van der Waals surface area contributed by atoms with Gasteiger partial charge in [0.05, 0.1) is 12.2 Å². The van der Waals surface area contributed by atoms with Crippen LogP contribution in [0, 0.1) is 11.8 Å². The highest BCUT2D eigenvalue weighted by Gasteiger charge is 2.45. The number of aliphatic hydroxyl groups is 3. The van der Waals surface area contributed by atoms with Crippen LogP contribution in [0.15, 0.2) is 0 Å². The molecule has 0 heterocycles. The van der Waals surface area contributed by atoms with E-state index in [4.69, 9.17) is 9.47 Å². The summed E-state index contributed by atoms with van der Waals surface area (Å²) in [5, 5.41) is 32.8. The molecule has 1 rings (SSSR count). The maximum absolute atomic E-state index is 11.5. The van der Waals surface area contributed by atoms with Gasteiger partial charge in [0.25, 0.3) is 0 Å². The van der Waals surface area contributed by atoms with Gasteiger partial charge < -0.3 is 30.1 Å². The zero-order valence-corrected chi connectivity index (χ0v) is 23.0. The number of carbonyl (C=O) groups is 2. The molecule has 212 valence electrons. The van der Waals surface area contributed by atoms with Crippen LogP contribution in [0.5, 0.6) is 0 Å². The third-order valence-electron chi connectivity index (χ3n) is 7.08. The lowest BCUT2D eigenvalue weighted by Crippen LogP contribution is -2.56. The Morgan fingerprint density at radius 1 is 0.833 bits per heavy atom. The molecule has 0 radical (unpaired) electrons. The van der Waals surface area contributed by atoms with Crippen molar-refractivity contribution in [2.75, 3.05) is 19.8 Å². The van der Waals surface area contributed by atoms with Gasteiger partial charge in [0.15, 0.2) is 6.10 Å². The fraction of sp³-hybridized carbons (Fsp3) is 0.929. The maximum atomic E-state index is 11.5. The van der Waals surface area contributed by atoms with Crippen molar-refractivity contribution in [3.05, 3.63) is 0 Å². The number of unbranched alkanes of at least 4 members (excludes halogenated alkanes) is 12. The lowest BCUT2D eigenvalue weighted by molar-refractivity contribution is -0.200. The van der Waals surface area contributed by atoms with Crippen LogP contribution in [0.1, 0.15) is 111 Å². The van der Waals surface area contributed by atoms with Crippen LogP contribution in [-0.4, -0.2) is 71.4 Å². The third-order valence-corrected chi connectivity index (χ3v) is 7.08. The van der Waals surface area contributed by atoms with Crippen LogP contribution < -0.4 is 5.32 Å². The smallest absolute Gasteiger partial charge is 0.303 e. The lowest BCUT2D eigenvalue weighted by Gasteiger charge is -2.41. The molecule has 0 aromatic rings. The van der Waals surface area contributed by atoms with Crippen LogP contribution in [-0.2, 0) is 19.1 Å². The molecule has 0 aromatic carbocycles. The molecule has 1 aliphatic rings. The van der Waals surface area contributed by atoms with Crippen LogP contribution in [0.2, 0.25) is 0 Å². The molecule has 8 nitrogen and oxygen atoms in total.